The zero-order chi connectivity index (χ0) is 34.9. The van der Waals surface area contributed by atoms with Crippen molar-refractivity contribution >= 4 is 5.97 Å². The Kier molecular flexibility index (Phi) is 8.36. The highest BCUT2D eigenvalue weighted by atomic mass is 16.7. The zero-order valence-electron chi connectivity index (χ0n) is 31.8. The summed E-state index contributed by atoms with van der Waals surface area (Å²) in [6.45, 7) is 19.7. The quantitative estimate of drug-likeness (QED) is 0.307. The number of hydrogen-bond donors (Lipinski definition) is 2. The average Bonchev–Trinajstić information content (AvgIpc) is 3.29. The molecule has 8 nitrogen and oxygen atoms in total. The van der Waals surface area contributed by atoms with Crippen LogP contribution in [0.2, 0.25) is 0 Å². The summed E-state index contributed by atoms with van der Waals surface area (Å²) in [7, 11) is 0. The summed E-state index contributed by atoms with van der Waals surface area (Å²) in [5, 5.41) is 23.7. The monoisotopic (exact) mass is 685 g/mol. The molecule has 2 heterocycles. The molecule has 6 saturated carbocycles. The summed E-state index contributed by atoms with van der Waals surface area (Å²) in [6, 6.07) is 0.712. The fourth-order valence-electron chi connectivity index (χ4n) is 15.1. The first-order chi connectivity index (χ1) is 23.0. The van der Waals surface area contributed by atoms with E-state index in [9.17, 15) is 15.0 Å². The van der Waals surface area contributed by atoms with E-state index in [-0.39, 0.29) is 52.0 Å². The lowest BCUT2D eigenvalue weighted by atomic mass is 9.41. The van der Waals surface area contributed by atoms with Crippen molar-refractivity contribution in [2.24, 2.45) is 50.7 Å². The number of esters is 1. The summed E-state index contributed by atoms with van der Waals surface area (Å²) >= 11 is 0. The van der Waals surface area contributed by atoms with Gasteiger partial charge >= 0.3 is 5.97 Å². The SMILES string of the molecule is CC(=O)OC(C1CC(C)C2C(O1)C(O)C1(C)C3CCC4C(C)(C)C(OC5CN(C6CCCC6)CCO5)CCC45CC35CCC21C)C(C)(C)O. The van der Waals surface area contributed by atoms with E-state index in [1.165, 1.54) is 58.3 Å². The summed E-state index contributed by atoms with van der Waals surface area (Å²) in [4.78, 5) is 14.8. The van der Waals surface area contributed by atoms with Gasteiger partial charge in [-0.1, -0.05) is 47.5 Å². The first-order valence-corrected chi connectivity index (χ1v) is 20.2. The molecule has 0 bridgehead atoms. The fraction of sp³-hybridized carbons (Fsp3) is 0.976. The van der Waals surface area contributed by atoms with Crippen LogP contribution >= 0.6 is 0 Å². The van der Waals surface area contributed by atoms with Crippen LogP contribution in [0.3, 0.4) is 0 Å². The number of nitrogens with zero attached hydrogens (tertiary/aromatic N) is 1. The molecule has 14 unspecified atom stereocenters. The Balaban J connectivity index is 1.02. The third-order valence-electron chi connectivity index (χ3n) is 17.3. The Labute approximate surface area is 295 Å². The highest BCUT2D eigenvalue weighted by Crippen LogP contribution is 2.89. The van der Waals surface area contributed by atoms with E-state index < -0.39 is 29.9 Å². The van der Waals surface area contributed by atoms with Gasteiger partial charge in [0.1, 0.15) is 0 Å². The molecule has 0 radical (unpaired) electrons. The molecular formula is C41H67NO7. The van der Waals surface area contributed by atoms with Crippen molar-refractivity contribution in [1.29, 1.82) is 0 Å². The number of ether oxygens (including phenoxy) is 4. The van der Waals surface area contributed by atoms with E-state index >= 15 is 0 Å². The predicted octanol–water partition coefficient (Wildman–Crippen LogP) is 6.49. The average molecular weight is 686 g/mol. The number of rotatable bonds is 6. The van der Waals surface area contributed by atoms with Crippen LogP contribution in [0.4, 0.5) is 0 Å². The van der Waals surface area contributed by atoms with Crippen LogP contribution in [0.1, 0.15) is 132 Å². The molecule has 49 heavy (non-hydrogen) atoms. The second-order valence-electron chi connectivity index (χ2n) is 20.1. The number of carbonyl (C=O) groups is 1. The fourth-order valence-corrected chi connectivity index (χ4v) is 15.1. The Bertz CT molecular complexity index is 1290. The number of fused-ring (bicyclic) bond motifs is 4. The summed E-state index contributed by atoms with van der Waals surface area (Å²) in [6.07, 6.45) is 12.3. The van der Waals surface area contributed by atoms with Gasteiger partial charge in [0, 0.05) is 31.5 Å². The predicted molar refractivity (Wildman–Crippen MR) is 186 cm³/mol. The maximum absolute atomic E-state index is 12.6. The van der Waals surface area contributed by atoms with Crippen LogP contribution < -0.4 is 0 Å². The van der Waals surface area contributed by atoms with E-state index in [0.29, 0.717) is 29.7 Å². The lowest BCUT2D eigenvalue weighted by Gasteiger charge is -2.64. The molecule has 0 aromatic rings. The Morgan fingerprint density at radius 3 is 2.37 bits per heavy atom. The van der Waals surface area contributed by atoms with Gasteiger partial charge in [-0.3, -0.25) is 9.69 Å². The van der Waals surface area contributed by atoms with E-state index in [1.54, 1.807) is 13.8 Å². The van der Waals surface area contributed by atoms with E-state index in [1.807, 2.05) is 0 Å². The van der Waals surface area contributed by atoms with Gasteiger partial charge < -0.3 is 29.2 Å². The number of aliphatic hydroxyl groups is 2. The van der Waals surface area contributed by atoms with Gasteiger partial charge in [-0.2, -0.15) is 0 Å². The molecule has 8 aliphatic rings. The maximum atomic E-state index is 12.6. The van der Waals surface area contributed by atoms with Gasteiger partial charge in [0.15, 0.2) is 12.4 Å². The van der Waals surface area contributed by atoms with Crippen molar-refractivity contribution in [1.82, 2.24) is 4.90 Å². The standard InChI is InChI=1S/C41H67NO7/c1-24-21-27(35(37(5,6)45)47-25(2)43)48-33-32(24)38(7)17-18-41-23-40(41)16-15-30(49-31-22-42(19-20-46-31)26-11-9-10-12-26)36(3,4)28(40)13-14-29(41)39(38,8)34(33)44/h24,26-35,44-45H,9-23H2,1-8H3. The van der Waals surface area contributed by atoms with Gasteiger partial charge in [0.25, 0.3) is 0 Å². The summed E-state index contributed by atoms with van der Waals surface area (Å²) < 4.78 is 25.9. The van der Waals surface area contributed by atoms with Crippen LogP contribution in [-0.4, -0.2) is 89.2 Å². The molecular weight excluding hydrogens is 618 g/mol. The molecule has 8 fully saturated rings. The molecule has 2 N–H and O–H groups in total. The molecule has 14 atom stereocenters. The van der Waals surface area contributed by atoms with Gasteiger partial charge in [0.05, 0.1) is 36.6 Å². The molecule has 2 saturated heterocycles. The Hall–Kier alpha value is -0.770. The molecule has 0 aromatic heterocycles. The number of carbonyl (C=O) groups excluding carboxylic acids is 1. The highest BCUT2D eigenvalue weighted by molar-refractivity contribution is 5.66. The van der Waals surface area contributed by atoms with Gasteiger partial charge in [0.2, 0.25) is 0 Å². The van der Waals surface area contributed by atoms with Crippen LogP contribution in [0.25, 0.3) is 0 Å². The third-order valence-corrected chi connectivity index (χ3v) is 17.3. The lowest BCUT2D eigenvalue weighted by Crippen LogP contribution is -2.60. The van der Waals surface area contributed by atoms with Crippen molar-refractivity contribution in [3.05, 3.63) is 0 Å². The van der Waals surface area contributed by atoms with Gasteiger partial charge in [-0.25, -0.2) is 0 Å². The number of aliphatic hydroxyl groups excluding tert-OH is 1. The molecule has 6 aliphatic carbocycles. The summed E-state index contributed by atoms with van der Waals surface area (Å²) in [5.74, 6) is 1.17. The van der Waals surface area contributed by atoms with E-state index in [2.05, 4.69) is 39.5 Å². The van der Waals surface area contributed by atoms with Crippen LogP contribution in [-0.2, 0) is 23.7 Å². The first kappa shape index (κ1) is 35.3. The lowest BCUT2D eigenvalue weighted by molar-refractivity contribution is -0.251. The van der Waals surface area contributed by atoms with Crippen molar-refractivity contribution in [3.63, 3.8) is 0 Å². The summed E-state index contributed by atoms with van der Waals surface area (Å²) in [5.41, 5.74) is -0.874. The molecule has 0 aromatic carbocycles. The second kappa shape index (κ2) is 11.6. The largest absolute Gasteiger partial charge is 0.457 e. The topological polar surface area (TPSA) is 97.7 Å². The maximum Gasteiger partial charge on any atom is 0.303 e. The van der Waals surface area contributed by atoms with E-state index in [4.69, 9.17) is 18.9 Å². The minimum absolute atomic E-state index is 0.0426. The smallest absolute Gasteiger partial charge is 0.303 e. The third kappa shape index (κ3) is 4.91. The van der Waals surface area contributed by atoms with Crippen LogP contribution in [0.15, 0.2) is 0 Å². The van der Waals surface area contributed by atoms with Gasteiger partial charge in [-0.15, -0.1) is 0 Å². The van der Waals surface area contributed by atoms with E-state index in [0.717, 1.165) is 39.0 Å². The van der Waals surface area contributed by atoms with Crippen LogP contribution in [0, 0.1) is 50.7 Å². The normalized spacial score (nSPS) is 51.5. The zero-order valence-corrected chi connectivity index (χ0v) is 31.8. The molecule has 8 heteroatoms. The van der Waals surface area contributed by atoms with Crippen molar-refractivity contribution < 1.29 is 34.0 Å². The molecule has 0 amide bonds. The molecule has 8 rings (SSSR count). The highest BCUT2D eigenvalue weighted by Gasteiger charge is 2.84. The Morgan fingerprint density at radius 2 is 1.67 bits per heavy atom. The Morgan fingerprint density at radius 1 is 0.980 bits per heavy atom. The minimum Gasteiger partial charge on any atom is -0.457 e. The number of hydrogen-bond acceptors (Lipinski definition) is 8. The van der Waals surface area contributed by atoms with Crippen molar-refractivity contribution in [3.8, 4) is 0 Å². The van der Waals surface area contributed by atoms with Crippen LogP contribution in [0.5, 0.6) is 0 Å². The molecule has 2 aliphatic heterocycles. The van der Waals surface area contributed by atoms with Crippen molar-refractivity contribution in [2.45, 2.75) is 181 Å². The van der Waals surface area contributed by atoms with Gasteiger partial charge in [-0.05, 0) is 123 Å². The molecule has 278 valence electrons. The minimum atomic E-state index is -1.25. The first-order valence-electron chi connectivity index (χ1n) is 20.2. The molecule has 2 spiro atoms. The second-order valence-corrected chi connectivity index (χ2v) is 20.1. The number of morpholine rings is 1. The van der Waals surface area contributed by atoms with Crippen molar-refractivity contribution in [2.75, 3.05) is 19.7 Å².